The first-order chi connectivity index (χ1) is 13.2. The summed E-state index contributed by atoms with van der Waals surface area (Å²) in [5.74, 6) is 1.28. The molecule has 2 aliphatic carbocycles. The summed E-state index contributed by atoms with van der Waals surface area (Å²) in [6, 6.07) is 6.37. The zero-order valence-electron chi connectivity index (χ0n) is 17.7. The topological polar surface area (TPSA) is 21.3 Å². The van der Waals surface area contributed by atoms with Crippen molar-refractivity contribution in [2.45, 2.75) is 77.7 Å². The lowest BCUT2D eigenvalue weighted by Crippen LogP contribution is -2.41. The lowest BCUT2D eigenvalue weighted by atomic mass is 9.97. The van der Waals surface area contributed by atoms with E-state index in [1.807, 2.05) is 0 Å². The van der Waals surface area contributed by atoms with Gasteiger partial charge in [0.2, 0.25) is 0 Å². The van der Waals surface area contributed by atoms with Crippen LogP contribution >= 0.6 is 23.2 Å². The molecule has 2 aliphatic rings. The molecule has 0 amide bonds. The van der Waals surface area contributed by atoms with E-state index in [0.717, 1.165) is 35.5 Å². The summed E-state index contributed by atoms with van der Waals surface area (Å²) in [6.45, 7) is 12.1. The fraction of sp³-hybridized carbons (Fsp3) is 0.727. The van der Waals surface area contributed by atoms with Crippen molar-refractivity contribution in [3.63, 3.8) is 0 Å². The van der Waals surface area contributed by atoms with Crippen molar-refractivity contribution >= 4 is 31.5 Å². The van der Waals surface area contributed by atoms with Gasteiger partial charge >= 0.3 is 0 Å². The van der Waals surface area contributed by atoms with Gasteiger partial charge in [-0.1, -0.05) is 57.8 Å². The number of halogens is 3. The largest absolute Gasteiger partial charge is 0.409 e. The normalized spacial score (nSPS) is 26.9. The van der Waals surface area contributed by atoms with Crippen LogP contribution in [0.25, 0.3) is 0 Å². The second-order valence-corrected chi connectivity index (χ2v) is 14.8. The molecule has 0 aliphatic heterocycles. The number of hydrogen-bond donors (Lipinski definition) is 1. The van der Waals surface area contributed by atoms with Gasteiger partial charge in [0.25, 0.3) is 0 Å². The molecule has 0 radical (unpaired) electrons. The number of fused-ring (bicyclic) bond motifs is 1. The van der Waals surface area contributed by atoms with Crippen LogP contribution in [0.5, 0.6) is 0 Å². The Labute approximate surface area is 180 Å². The molecular weight excluding hydrogens is 412 g/mol. The van der Waals surface area contributed by atoms with Crippen molar-refractivity contribution in [3.05, 3.63) is 33.6 Å². The first-order valence-corrected chi connectivity index (χ1v) is 14.0. The van der Waals surface area contributed by atoms with Gasteiger partial charge in [0.15, 0.2) is 8.32 Å². The Hall–Kier alpha value is -0.133. The van der Waals surface area contributed by atoms with Crippen molar-refractivity contribution in [2.75, 3.05) is 6.54 Å². The Morgan fingerprint density at radius 2 is 1.61 bits per heavy atom. The smallest absolute Gasteiger partial charge is 0.192 e. The van der Waals surface area contributed by atoms with Crippen LogP contribution < -0.4 is 5.32 Å². The molecule has 0 aromatic heterocycles. The van der Waals surface area contributed by atoms with Crippen molar-refractivity contribution < 1.29 is 8.82 Å². The minimum atomic E-state index is -1.88. The second kappa shape index (κ2) is 8.54. The summed E-state index contributed by atoms with van der Waals surface area (Å²) in [7, 11) is -1.88. The van der Waals surface area contributed by atoms with Gasteiger partial charge in [-0.3, -0.25) is 0 Å². The van der Waals surface area contributed by atoms with Crippen molar-refractivity contribution in [1.29, 1.82) is 0 Å². The Kier molecular flexibility index (Phi) is 6.88. The summed E-state index contributed by atoms with van der Waals surface area (Å²) in [5.41, 5.74) is 1.25. The van der Waals surface area contributed by atoms with Crippen molar-refractivity contribution in [3.8, 4) is 0 Å². The van der Waals surface area contributed by atoms with E-state index in [4.69, 9.17) is 27.6 Å². The van der Waals surface area contributed by atoms with Gasteiger partial charge in [0.1, 0.15) is 5.82 Å². The summed E-state index contributed by atoms with van der Waals surface area (Å²) in [6.07, 6.45) is 2.22. The monoisotopic (exact) mass is 445 g/mol. The molecule has 2 nitrogen and oxygen atoms in total. The first kappa shape index (κ1) is 22.5. The molecule has 0 spiro atoms. The Morgan fingerprint density at radius 3 is 2.07 bits per heavy atom. The van der Waals surface area contributed by atoms with Gasteiger partial charge in [0.05, 0.1) is 16.1 Å². The minimum Gasteiger partial charge on any atom is -0.409 e. The van der Waals surface area contributed by atoms with Crippen LogP contribution in [0.1, 0.15) is 59.1 Å². The maximum absolute atomic E-state index is 13.7. The minimum absolute atomic E-state index is 0.239. The highest BCUT2D eigenvalue weighted by molar-refractivity contribution is 6.73. The average molecular weight is 447 g/mol. The lowest BCUT2D eigenvalue weighted by Gasteiger charge is -2.35. The van der Waals surface area contributed by atoms with Gasteiger partial charge in [-0.15, -0.1) is 0 Å². The zero-order valence-corrected chi connectivity index (χ0v) is 20.3. The molecule has 1 aromatic carbocycles. The number of rotatable bonds is 9. The van der Waals surface area contributed by atoms with E-state index in [1.165, 1.54) is 25.0 Å². The highest BCUT2D eigenvalue weighted by Crippen LogP contribution is 2.66. The lowest BCUT2D eigenvalue weighted by molar-refractivity contribution is 0.179. The maximum Gasteiger partial charge on any atom is 0.192 e. The van der Waals surface area contributed by atoms with Crippen molar-refractivity contribution in [1.82, 2.24) is 5.32 Å². The van der Waals surface area contributed by atoms with E-state index in [0.29, 0.717) is 28.0 Å². The fourth-order valence-corrected chi connectivity index (χ4v) is 8.82. The SMILES string of the molecule is CC[Si](CC)(CC)OC(CN[C@H]1C[C@@H]2[C@H](C1)C2(C)C)c1c(Cl)cc(F)cc1Cl. The van der Waals surface area contributed by atoms with E-state index in [9.17, 15) is 4.39 Å². The van der Waals surface area contributed by atoms with E-state index >= 15 is 0 Å². The highest BCUT2D eigenvalue weighted by Gasteiger charge is 2.61. The van der Waals surface area contributed by atoms with E-state index in [2.05, 4.69) is 39.9 Å². The molecule has 6 heteroatoms. The molecule has 2 saturated carbocycles. The quantitative estimate of drug-likeness (QED) is 0.404. The van der Waals surface area contributed by atoms with E-state index in [1.54, 1.807) is 0 Å². The third-order valence-corrected chi connectivity index (χ3v) is 12.9. The average Bonchev–Trinajstić information content (AvgIpc) is 2.99. The van der Waals surface area contributed by atoms with Crippen LogP contribution in [-0.2, 0) is 4.43 Å². The second-order valence-electron chi connectivity index (χ2n) is 9.24. The van der Waals surface area contributed by atoms with Gasteiger partial charge < -0.3 is 9.74 Å². The van der Waals surface area contributed by atoms with Crippen LogP contribution in [0, 0.1) is 23.1 Å². The predicted molar refractivity (Wildman–Crippen MR) is 119 cm³/mol. The number of nitrogens with one attached hydrogen (secondary N) is 1. The molecule has 0 saturated heterocycles. The molecule has 1 N–H and O–H groups in total. The van der Waals surface area contributed by atoms with Gasteiger partial charge in [-0.25, -0.2) is 4.39 Å². The highest BCUT2D eigenvalue weighted by atomic mass is 35.5. The summed E-state index contributed by atoms with van der Waals surface area (Å²) < 4.78 is 20.5. The zero-order chi connectivity index (χ0) is 20.7. The van der Waals surface area contributed by atoms with Crippen LogP contribution in [0.4, 0.5) is 4.39 Å². The van der Waals surface area contributed by atoms with Crippen LogP contribution in [0.3, 0.4) is 0 Å². The van der Waals surface area contributed by atoms with E-state index in [-0.39, 0.29) is 6.10 Å². The summed E-state index contributed by atoms with van der Waals surface area (Å²) in [5, 5.41) is 4.45. The Bertz CT molecular complexity index is 665. The van der Waals surface area contributed by atoms with Crippen molar-refractivity contribution in [2.24, 2.45) is 17.3 Å². The standard InChI is InChI=1S/C22H34Cl2FNOSi/c1-6-28(7-2,8-3)27-20(21-18(23)9-14(25)10-19(21)24)13-26-15-11-16-17(12-15)22(16,4)5/h9-10,15-17,20,26H,6-8,11-13H2,1-5H3/t15-,16+,17-,20?. The molecular formula is C22H34Cl2FNOSi. The molecule has 4 atom stereocenters. The molecule has 28 heavy (non-hydrogen) atoms. The molecule has 1 unspecified atom stereocenters. The van der Waals surface area contributed by atoms with E-state index < -0.39 is 14.1 Å². The molecule has 1 aromatic rings. The summed E-state index contributed by atoms with van der Waals surface area (Å²) >= 11 is 12.9. The van der Waals surface area contributed by atoms with Crippen LogP contribution in [0.2, 0.25) is 28.2 Å². The number of hydrogen-bond acceptors (Lipinski definition) is 2. The molecule has 158 valence electrons. The van der Waals surface area contributed by atoms with Crippen LogP contribution in [0.15, 0.2) is 12.1 Å². The van der Waals surface area contributed by atoms with Gasteiger partial charge in [-0.05, 0) is 60.4 Å². The summed E-state index contributed by atoms with van der Waals surface area (Å²) in [4.78, 5) is 0. The molecule has 2 fully saturated rings. The molecule has 0 bridgehead atoms. The first-order valence-electron chi connectivity index (χ1n) is 10.7. The molecule has 0 heterocycles. The fourth-order valence-electron chi connectivity index (χ4n) is 5.31. The van der Waals surface area contributed by atoms with Gasteiger partial charge in [0, 0.05) is 18.2 Å². The van der Waals surface area contributed by atoms with Crippen LogP contribution in [-0.4, -0.2) is 20.9 Å². The molecule has 3 rings (SSSR count). The number of benzene rings is 1. The Morgan fingerprint density at radius 1 is 1.11 bits per heavy atom. The maximum atomic E-state index is 13.7. The van der Waals surface area contributed by atoms with Gasteiger partial charge in [-0.2, -0.15) is 0 Å². The third kappa shape index (κ3) is 4.32. The predicted octanol–water partition coefficient (Wildman–Crippen LogP) is 7.22. The Balaban J connectivity index is 1.77. The third-order valence-electron chi connectivity index (χ3n) is 7.65.